The molecule has 0 spiro atoms. The summed E-state index contributed by atoms with van der Waals surface area (Å²) in [6, 6.07) is 11.4. The van der Waals surface area contributed by atoms with Gasteiger partial charge in [-0.05, 0) is 45.0 Å². The van der Waals surface area contributed by atoms with E-state index in [0.29, 0.717) is 24.4 Å². The Bertz CT molecular complexity index is 575. The molecule has 1 heterocycles. The van der Waals surface area contributed by atoms with E-state index < -0.39 is 0 Å². The van der Waals surface area contributed by atoms with E-state index in [1.165, 1.54) is 0 Å². The molecule has 2 aromatic rings. The Hall–Kier alpha value is -2.07. The zero-order valence-corrected chi connectivity index (χ0v) is 11.9. The highest BCUT2D eigenvalue weighted by atomic mass is 16.3. The van der Waals surface area contributed by atoms with Gasteiger partial charge in [-0.25, -0.2) is 0 Å². The van der Waals surface area contributed by atoms with Crippen molar-refractivity contribution < 1.29 is 9.21 Å². The Labute approximate surface area is 119 Å². The SMILES string of the molecule is Cc1cc(C(=O)N(CCCN)c2ccccc2)c(C)o1. The molecule has 4 nitrogen and oxygen atoms in total. The first-order chi connectivity index (χ1) is 9.63. The minimum absolute atomic E-state index is 0.0426. The molecule has 1 aromatic carbocycles. The predicted octanol–water partition coefficient (Wildman–Crippen LogP) is 2.89. The van der Waals surface area contributed by atoms with Gasteiger partial charge in [0.25, 0.3) is 5.91 Å². The fourth-order valence-electron chi connectivity index (χ4n) is 2.19. The molecule has 1 amide bonds. The number of anilines is 1. The summed E-state index contributed by atoms with van der Waals surface area (Å²) in [5, 5.41) is 0. The van der Waals surface area contributed by atoms with Crippen molar-refractivity contribution in [2.75, 3.05) is 18.0 Å². The van der Waals surface area contributed by atoms with E-state index in [1.54, 1.807) is 11.0 Å². The number of nitrogens with two attached hydrogens (primary N) is 1. The third-order valence-corrected chi connectivity index (χ3v) is 3.17. The van der Waals surface area contributed by atoms with Crippen LogP contribution in [0.4, 0.5) is 5.69 Å². The molecule has 0 saturated heterocycles. The largest absolute Gasteiger partial charge is 0.466 e. The fraction of sp³-hybridized carbons (Fsp3) is 0.312. The molecule has 1 aromatic heterocycles. The monoisotopic (exact) mass is 272 g/mol. The van der Waals surface area contributed by atoms with E-state index in [0.717, 1.165) is 17.9 Å². The van der Waals surface area contributed by atoms with Gasteiger partial charge in [-0.15, -0.1) is 0 Å². The highest BCUT2D eigenvalue weighted by molar-refractivity contribution is 6.06. The quantitative estimate of drug-likeness (QED) is 0.910. The van der Waals surface area contributed by atoms with E-state index in [4.69, 9.17) is 10.2 Å². The molecule has 2 N–H and O–H groups in total. The average Bonchev–Trinajstić information content (AvgIpc) is 2.79. The zero-order valence-electron chi connectivity index (χ0n) is 11.9. The molecule has 0 fully saturated rings. The maximum atomic E-state index is 12.7. The molecule has 4 heteroatoms. The lowest BCUT2D eigenvalue weighted by atomic mass is 10.2. The number of carbonyl (C=O) groups excluding carboxylic acids is 1. The molecular formula is C16H20N2O2. The summed E-state index contributed by atoms with van der Waals surface area (Å²) in [5.74, 6) is 1.36. The first-order valence-electron chi connectivity index (χ1n) is 6.77. The predicted molar refractivity (Wildman–Crippen MR) is 80.0 cm³/mol. The highest BCUT2D eigenvalue weighted by Gasteiger charge is 2.21. The highest BCUT2D eigenvalue weighted by Crippen LogP contribution is 2.21. The van der Waals surface area contributed by atoms with Crippen LogP contribution in [0.1, 0.15) is 28.3 Å². The number of hydrogen-bond donors (Lipinski definition) is 1. The van der Waals surface area contributed by atoms with Crippen molar-refractivity contribution in [2.24, 2.45) is 5.73 Å². The maximum Gasteiger partial charge on any atom is 0.261 e. The van der Waals surface area contributed by atoms with Crippen molar-refractivity contribution in [3.8, 4) is 0 Å². The Morgan fingerprint density at radius 1 is 1.25 bits per heavy atom. The van der Waals surface area contributed by atoms with Crippen LogP contribution in [0, 0.1) is 13.8 Å². The minimum atomic E-state index is -0.0426. The molecule has 2 rings (SSSR count). The van der Waals surface area contributed by atoms with Crippen LogP contribution in [0.2, 0.25) is 0 Å². The summed E-state index contributed by atoms with van der Waals surface area (Å²) in [4.78, 5) is 14.5. The van der Waals surface area contributed by atoms with Crippen molar-refractivity contribution in [1.29, 1.82) is 0 Å². The van der Waals surface area contributed by atoms with E-state index in [9.17, 15) is 4.79 Å². The van der Waals surface area contributed by atoms with Gasteiger partial charge >= 0.3 is 0 Å². The van der Waals surface area contributed by atoms with Crippen LogP contribution in [-0.4, -0.2) is 19.0 Å². The summed E-state index contributed by atoms with van der Waals surface area (Å²) in [6.07, 6.45) is 0.760. The number of amides is 1. The summed E-state index contributed by atoms with van der Waals surface area (Å²) < 4.78 is 5.45. The van der Waals surface area contributed by atoms with Gasteiger partial charge in [-0.1, -0.05) is 18.2 Å². The van der Waals surface area contributed by atoms with Gasteiger partial charge in [0.05, 0.1) is 5.56 Å². The first kappa shape index (κ1) is 14.3. The molecule has 0 bridgehead atoms. The lowest BCUT2D eigenvalue weighted by Crippen LogP contribution is -2.33. The van der Waals surface area contributed by atoms with Gasteiger partial charge in [0.1, 0.15) is 11.5 Å². The number of rotatable bonds is 5. The Morgan fingerprint density at radius 2 is 1.95 bits per heavy atom. The molecule has 0 aliphatic rings. The topological polar surface area (TPSA) is 59.5 Å². The smallest absolute Gasteiger partial charge is 0.261 e. The summed E-state index contributed by atoms with van der Waals surface area (Å²) in [7, 11) is 0. The van der Waals surface area contributed by atoms with Crippen LogP contribution in [0.25, 0.3) is 0 Å². The molecule has 0 saturated carbocycles. The zero-order chi connectivity index (χ0) is 14.5. The van der Waals surface area contributed by atoms with Crippen molar-refractivity contribution in [1.82, 2.24) is 0 Å². The number of furan rings is 1. The Kier molecular flexibility index (Phi) is 4.58. The van der Waals surface area contributed by atoms with Gasteiger partial charge in [0.15, 0.2) is 0 Å². The molecule has 106 valence electrons. The van der Waals surface area contributed by atoms with Crippen molar-refractivity contribution in [2.45, 2.75) is 20.3 Å². The van der Waals surface area contributed by atoms with E-state index in [-0.39, 0.29) is 5.91 Å². The second kappa shape index (κ2) is 6.39. The van der Waals surface area contributed by atoms with Crippen molar-refractivity contribution >= 4 is 11.6 Å². The van der Waals surface area contributed by atoms with Crippen molar-refractivity contribution in [3.63, 3.8) is 0 Å². The molecule has 20 heavy (non-hydrogen) atoms. The van der Waals surface area contributed by atoms with Crippen LogP contribution in [0.3, 0.4) is 0 Å². The van der Waals surface area contributed by atoms with Gasteiger partial charge in [-0.3, -0.25) is 4.79 Å². The normalized spacial score (nSPS) is 10.6. The Balaban J connectivity index is 2.31. The maximum absolute atomic E-state index is 12.7. The van der Waals surface area contributed by atoms with Gasteiger partial charge < -0.3 is 15.1 Å². The van der Waals surface area contributed by atoms with E-state index in [2.05, 4.69) is 0 Å². The molecule has 0 aliphatic carbocycles. The van der Waals surface area contributed by atoms with E-state index >= 15 is 0 Å². The number of carbonyl (C=O) groups is 1. The third-order valence-electron chi connectivity index (χ3n) is 3.17. The molecular weight excluding hydrogens is 252 g/mol. The third kappa shape index (κ3) is 3.08. The lowest BCUT2D eigenvalue weighted by molar-refractivity contribution is 0.0985. The van der Waals surface area contributed by atoms with Gasteiger partial charge in [0.2, 0.25) is 0 Å². The van der Waals surface area contributed by atoms with Crippen LogP contribution in [0.15, 0.2) is 40.8 Å². The molecule has 0 radical (unpaired) electrons. The molecule has 0 aliphatic heterocycles. The van der Waals surface area contributed by atoms with Crippen LogP contribution < -0.4 is 10.6 Å². The van der Waals surface area contributed by atoms with Gasteiger partial charge in [0, 0.05) is 12.2 Å². The summed E-state index contributed by atoms with van der Waals surface area (Å²) in [6.45, 7) is 4.81. The number of aryl methyl sites for hydroxylation is 2. The first-order valence-corrected chi connectivity index (χ1v) is 6.77. The summed E-state index contributed by atoms with van der Waals surface area (Å²) in [5.41, 5.74) is 7.06. The second-order valence-electron chi connectivity index (χ2n) is 4.76. The summed E-state index contributed by atoms with van der Waals surface area (Å²) >= 11 is 0. The average molecular weight is 272 g/mol. The van der Waals surface area contributed by atoms with Gasteiger partial charge in [-0.2, -0.15) is 0 Å². The van der Waals surface area contributed by atoms with Crippen LogP contribution in [-0.2, 0) is 0 Å². The number of hydrogen-bond acceptors (Lipinski definition) is 3. The van der Waals surface area contributed by atoms with Crippen molar-refractivity contribution in [3.05, 3.63) is 53.5 Å². The number of nitrogens with zero attached hydrogens (tertiary/aromatic N) is 1. The molecule has 0 unspecified atom stereocenters. The fourth-order valence-corrected chi connectivity index (χ4v) is 2.19. The number of para-hydroxylation sites is 1. The second-order valence-corrected chi connectivity index (χ2v) is 4.76. The molecule has 0 atom stereocenters. The van der Waals surface area contributed by atoms with Crippen LogP contribution in [0.5, 0.6) is 0 Å². The minimum Gasteiger partial charge on any atom is -0.466 e. The Morgan fingerprint density at radius 3 is 2.50 bits per heavy atom. The lowest BCUT2D eigenvalue weighted by Gasteiger charge is -2.22. The number of benzene rings is 1. The van der Waals surface area contributed by atoms with E-state index in [1.807, 2.05) is 44.2 Å². The van der Waals surface area contributed by atoms with Crippen LogP contribution >= 0.6 is 0 Å². The standard InChI is InChI=1S/C16H20N2O2/c1-12-11-15(13(2)20-12)16(19)18(10-6-9-17)14-7-4-3-5-8-14/h3-5,7-8,11H,6,9-10,17H2,1-2H3.